The molecule has 8 rings (SSSR count). The van der Waals surface area contributed by atoms with Crippen LogP contribution in [0.5, 0.6) is 0 Å². The van der Waals surface area contributed by atoms with E-state index in [0.717, 1.165) is 48.4 Å². The summed E-state index contributed by atoms with van der Waals surface area (Å²) in [6.45, 7) is 9.08. The second-order valence-electron chi connectivity index (χ2n) is 12.2. The third-order valence-corrected chi connectivity index (χ3v) is 9.78. The van der Waals surface area contributed by atoms with Gasteiger partial charge < -0.3 is 15.0 Å². The molecule has 4 saturated heterocycles. The fourth-order valence-electron chi connectivity index (χ4n) is 8.41. The molecule has 2 amide bonds. The van der Waals surface area contributed by atoms with Crippen LogP contribution < -0.4 is 5.32 Å². The summed E-state index contributed by atoms with van der Waals surface area (Å²) in [4.78, 5) is 29.2. The summed E-state index contributed by atoms with van der Waals surface area (Å²) in [5, 5.41) is 14.9. The second kappa shape index (κ2) is 5.56. The number of carbonyl (C=O) groups is 2. The first-order chi connectivity index (χ1) is 15.5. The van der Waals surface area contributed by atoms with Gasteiger partial charge in [-0.25, -0.2) is 0 Å². The number of piperidine rings is 2. The molecule has 2 bridgehead atoms. The van der Waals surface area contributed by atoms with Crippen LogP contribution in [0.2, 0.25) is 0 Å². The van der Waals surface area contributed by atoms with Crippen LogP contribution in [0.3, 0.4) is 0 Å². The van der Waals surface area contributed by atoms with Gasteiger partial charge in [0.25, 0.3) is 5.70 Å². The molecule has 2 aliphatic carbocycles. The van der Waals surface area contributed by atoms with E-state index in [2.05, 4.69) is 25.2 Å². The summed E-state index contributed by atoms with van der Waals surface area (Å²) in [7, 11) is 0. The highest BCUT2D eigenvalue weighted by molar-refractivity contribution is 6.07. The van der Waals surface area contributed by atoms with E-state index >= 15 is 0 Å². The van der Waals surface area contributed by atoms with E-state index in [1.807, 2.05) is 24.8 Å². The molecule has 0 aromatic carbocycles. The molecule has 4 atom stereocenters. The fourth-order valence-corrected chi connectivity index (χ4v) is 8.41. The standard InChI is InChI=1S/C26H31N3O4/c1-23(2)10-8-15-17(33-23)7-6-14-16-12-26-18(24(3,4)20(16)29(32)19(14)15)13-25(21(30)27-26)9-5-11-28(25)22(26)31/h8,10,16,18H,5-7,9,11-13H2,1-4H3,(H-,27,30,32)/p+1/t16-,18?,25?,26+/m0/s1. The van der Waals surface area contributed by atoms with Gasteiger partial charge in [-0.15, -0.1) is 0 Å². The van der Waals surface area contributed by atoms with Crippen molar-refractivity contribution >= 4 is 17.5 Å². The van der Waals surface area contributed by atoms with Gasteiger partial charge in [-0.1, -0.05) is 0 Å². The molecule has 1 saturated carbocycles. The molecule has 2 spiro atoms. The smallest absolute Gasteiger partial charge is 0.267 e. The lowest BCUT2D eigenvalue weighted by Gasteiger charge is -2.64. The van der Waals surface area contributed by atoms with Crippen molar-refractivity contribution in [2.24, 2.45) is 17.3 Å². The van der Waals surface area contributed by atoms with Gasteiger partial charge in [-0.05, 0) is 72.0 Å². The number of nitrogens with zero attached hydrogens (tertiary/aromatic N) is 2. The van der Waals surface area contributed by atoms with Crippen LogP contribution in [0.1, 0.15) is 66.2 Å². The first-order valence-electron chi connectivity index (χ1n) is 12.4. The molecule has 6 aliphatic heterocycles. The summed E-state index contributed by atoms with van der Waals surface area (Å²) in [5.74, 6) is 0.948. The molecule has 0 aromatic rings. The molecule has 2 unspecified atom stereocenters. The molecule has 0 radical (unpaired) electrons. The number of hydrogen-bond acceptors (Lipinski definition) is 4. The Bertz CT molecular complexity index is 1190. The van der Waals surface area contributed by atoms with Gasteiger partial charge in [-0.2, -0.15) is 0 Å². The van der Waals surface area contributed by atoms with Crippen LogP contribution in [0.4, 0.5) is 0 Å². The van der Waals surface area contributed by atoms with Crippen molar-refractivity contribution in [1.29, 1.82) is 0 Å². The minimum atomic E-state index is -0.889. The average Bonchev–Trinajstić information content (AvgIpc) is 3.29. The molecule has 7 heteroatoms. The van der Waals surface area contributed by atoms with Gasteiger partial charge in [-0.3, -0.25) is 14.8 Å². The minimum Gasteiger partial charge on any atom is -0.487 e. The van der Waals surface area contributed by atoms with Crippen LogP contribution in [-0.2, 0) is 14.3 Å². The lowest BCUT2D eigenvalue weighted by atomic mass is 9.48. The van der Waals surface area contributed by atoms with Crippen molar-refractivity contribution in [3.8, 4) is 0 Å². The zero-order valence-corrected chi connectivity index (χ0v) is 19.8. The maximum Gasteiger partial charge on any atom is 0.267 e. The van der Waals surface area contributed by atoms with E-state index in [9.17, 15) is 14.8 Å². The quantitative estimate of drug-likeness (QED) is 0.439. The topological polar surface area (TPSA) is 81.9 Å². The van der Waals surface area contributed by atoms with Crippen molar-refractivity contribution in [3.05, 3.63) is 34.8 Å². The zero-order valence-electron chi connectivity index (χ0n) is 19.8. The lowest BCUT2D eigenvalue weighted by Crippen LogP contribution is -2.85. The van der Waals surface area contributed by atoms with E-state index < -0.39 is 16.5 Å². The maximum absolute atomic E-state index is 14.0. The average molecular weight is 451 g/mol. The van der Waals surface area contributed by atoms with E-state index in [4.69, 9.17) is 4.74 Å². The van der Waals surface area contributed by atoms with Gasteiger partial charge in [0.05, 0.1) is 16.9 Å². The summed E-state index contributed by atoms with van der Waals surface area (Å²) in [6.07, 6.45) is 8.52. The summed E-state index contributed by atoms with van der Waals surface area (Å²) < 4.78 is 7.68. The van der Waals surface area contributed by atoms with Gasteiger partial charge in [0, 0.05) is 29.2 Å². The predicted octanol–water partition coefficient (Wildman–Crippen LogP) is 2.81. The van der Waals surface area contributed by atoms with Crippen LogP contribution in [0, 0.1) is 17.3 Å². The van der Waals surface area contributed by atoms with Crippen molar-refractivity contribution in [1.82, 2.24) is 10.2 Å². The third-order valence-electron chi connectivity index (χ3n) is 9.78. The fraction of sp³-hybridized carbons (Fsp3) is 0.654. The first-order valence-corrected chi connectivity index (χ1v) is 12.4. The number of allylic oxidation sites excluding steroid dienone is 3. The molecule has 0 aromatic heterocycles. The highest BCUT2D eigenvalue weighted by atomic mass is 16.5. The number of carbonyl (C=O) groups excluding carboxylic acids is 2. The first kappa shape index (κ1) is 19.9. The number of piperazine rings is 1. The Morgan fingerprint density at radius 3 is 2.76 bits per heavy atom. The molecular weight excluding hydrogens is 418 g/mol. The predicted molar refractivity (Wildman–Crippen MR) is 119 cm³/mol. The largest absolute Gasteiger partial charge is 0.487 e. The number of amides is 2. The number of fused-ring (bicyclic) bond motifs is 4. The maximum atomic E-state index is 14.0. The molecule has 5 fully saturated rings. The van der Waals surface area contributed by atoms with Crippen molar-refractivity contribution in [2.45, 2.75) is 82.9 Å². The Kier molecular flexibility index (Phi) is 3.34. The van der Waals surface area contributed by atoms with Gasteiger partial charge >= 0.3 is 0 Å². The number of rotatable bonds is 0. The molecule has 33 heavy (non-hydrogen) atoms. The van der Waals surface area contributed by atoms with Crippen LogP contribution in [0.15, 0.2) is 34.8 Å². The Morgan fingerprint density at radius 2 is 1.97 bits per heavy atom. The van der Waals surface area contributed by atoms with E-state index in [0.29, 0.717) is 19.4 Å². The molecule has 8 aliphatic rings. The number of hydrogen-bond donors (Lipinski definition) is 2. The molecule has 174 valence electrons. The van der Waals surface area contributed by atoms with Crippen LogP contribution in [0.25, 0.3) is 0 Å². The van der Waals surface area contributed by atoms with E-state index in [-0.39, 0.29) is 29.3 Å². The van der Waals surface area contributed by atoms with Crippen LogP contribution >= 0.6 is 0 Å². The van der Waals surface area contributed by atoms with Gasteiger partial charge in [0.1, 0.15) is 22.4 Å². The molecule has 7 nitrogen and oxygen atoms in total. The summed E-state index contributed by atoms with van der Waals surface area (Å²) in [6, 6.07) is 0. The number of nitrogens with one attached hydrogen (secondary N) is 1. The summed E-state index contributed by atoms with van der Waals surface area (Å²) in [5.41, 5.74) is 1.54. The van der Waals surface area contributed by atoms with Crippen molar-refractivity contribution < 1.29 is 24.3 Å². The normalized spacial score (nSPS) is 41.4. The number of ether oxygens (including phenoxy) is 1. The number of hydroxylamine groups is 1. The Labute approximate surface area is 193 Å². The Morgan fingerprint density at radius 1 is 1.18 bits per heavy atom. The SMILES string of the molecule is CC1(C)C=CC2=C(CCC3=C2[N+](O)=C2[C@H]3C[C@]34NC(=O)C5(CCCN5C3=O)CC4C2(C)C)O1. The zero-order chi connectivity index (χ0) is 23.1. The van der Waals surface area contributed by atoms with E-state index in [1.54, 1.807) is 0 Å². The lowest BCUT2D eigenvalue weighted by molar-refractivity contribution is -0.737. The van der Waals surface area contributed by atoms with Gasteiger partial charge in [0.15, 0.2) is 0 Å². The van der Waals surface area contributed by atoms with E-state index in [1.165, 1.54) is 10.3 Å². The highest BCUT2D eigenvalue weighted by Crippen LogP contribution is 2.62. The molecule has 6 heterocycles. The Balaban J connectivity index is 1.39. The van der Waals surface area contributed by atoms with Crippen molar-refractivity contribution in [3.63, 3.8) is 0 Å². The monoisotopic (exact) mass is 450 g/mol. The molecule has 2 N–H and O–H groups in total. The third kappa shape index (κ3) is 2.07. The summed E-state index contributed by atoms with van der Waals surface area (Å²) >= 11 is 0. The highest BCUT2D eigenvalue weighted by Gasteiger charge is 2.76. The second-order valence-corrected chi connectivity index (χ2v) is 12.2. The van der Waals surface area contributed by atoms with Crippen molar-refractivity contribution in [2.75, 3.05) is 6.54 Å². The Hall–Kier alpha value is -2.57. The van der Waals surface area contributed by atoms with Crippen LogP contribution in [-0.4, -0.2) is 55.6 Å². The van der Waals surface area contributed by atoms with Gasteiger partial charge in [0.2, 0.25) is 17.5 Å². The molecular formula is C26H32N3O4+. The minimum absolute atomic E-state index is 0.0302.